The normalized spacial score (nSPS) is 17.7. The van der Waals surface area contributed by atoms with Crippen molar-refractivity contribution in [3.63, 3.8) is 0 Å². The predicted octanol–water partition coefficient (Wildman–Crippen LogP) is 3.61. The maximum atomic E-state index is 12.7. The molecule has 1 aromatic carbocycles. The highest BCUT2D eigenvalue weighted by Gasteiger charge is 2.31. The highest BCUT2D eigenvalue weighted by molar-refractivity contribution is 6.04. The molecule has 1 aromatic heterocycles. The minimum atomic E-state index is -0.413. The van der Waals surface area contributed by atoms with Crippen LogP contribution in [0.5, 0.6) is 0 Å². The zero-order valence-electron chi connectivity index (χ0n) is 15.3. The minimum Gasteiger partial charge on any atom is -0.366 e. The second kappa shape index (κ2) is 7.02. The topological polar surface area (TPSA) is 93.3 Å². The number of benzene rings is 1. The van der Waals surface area contributed by atoms with Gasteiger partial charge in [0, 0.05) is 30.8 Å². The molecule has 1 saturated carbocycles. The molecule has 27 heavy (non-hydrogen) atoms. The van der Waals surface area contributed by atoms with Crippen LogP contribution in [-0.4, -0.2) is 33.7 Å². The lowest BCUT2D eigenvalue weighted by molar-refractivity contribution is -0.384. The summed E-state index contributed by atoms with van der Waals surface area (Å²) in [5, 5.41) is 18.7. The van der Waals surface area contributed by atoms with Gasteiger partial charge in [-0.2, -0.15) is 5.10 Å². The lowest BCUT2D eigenvalue weighted by Crippen LogP contribution is -2.21. The highest BCUT2D eigenvalue weighted by atomic mass is 16.6. The van der Waals surface area contributed by atoms with Crippen molar-refractivity contribution >= 4 is 23.1 Å². The van der Waals surface area contributed by atoms with Crippen molar-refractivity contribution in [2.24, 2.45) is 5.92 Å². The molecule has 2 heterocycles. The first kappa shape index (κ1) is 17.5. The van der Waals surface area contributed by atoms with Crippen LogP contribution in [0.15, 0.2) is 30.5 Å². The van der Waals surface area contributed by atoms with E-state index in [1.165, 1.54) is 18.9 Å². The van der Waals surface area contributed by atoms with E-state index in [0.29, 0.717) is 17.4 Å². The molecule has 1 unspecified atom stereocenters. The molecule has 142 valence electrons. The average molecular weight is 369 g/mol. The molecule has 8 nitrogen and oxygen atoms in total. The third-order valence-corrected chi connectivity index (χ3v) is 5.48. The van der Waals surface area contributed by atoms with E-state index in [2.05, 4.69) is 17.3 Å². The average Bonchev–Trinajstić information content (AvgIpc) is 3.17. The van der Waals surface area contributed by atoms with Crippen LogP contribution in [0.1, 0.15) is 49.0 Å². The van der Waals surface area contributed by atoms with Crippen LogP contribution >= 0.6 is 0 Å². The lowest BCUT2D eigenvalue weighted by Gasteiger charge is -2.18. The Kier molecular flexibility index (Phi) is 4.55. The summed E-state index contributed by atoms with van der Waals surface area (Å²) in [5.74, 6) is 0.850. The van der Waals surface area contributed by atoms with Crippen molar-refractivity contribution in [1.29, 1.82) is 0 Å². The van der Waals surface area contributed by atoms with Gasteiger partial charge in [-0.15, -0.1) is 0 Å². The van der Waals surface area contributed by atoms with Gasteiger partial charge < -0.3 is 10.2 Å². The SMILES string of the molecule is CC(C1CC1)n1nccc1NC(=O)c1ccc(N2CCCC2)c([N+](=O)[O-])c1. The second-order valence-corrected chi connectivity index (χ2v) is 7.35. The van der Waals surface area contributed by atoms with E-state index in [4.69, 9.17) is 0 Å². The van der Waals surface area contributed by atoms with E-state index in [0.717, 1.165) is 25.9 Å². The van der Waals surface area contributed by atoms with Gasteiger partial charge in [-0.05, 0) is 50.7 Å². The molecular weight excluding hydrogens is 346 g/mol. The Morgan fingerprint density at radius 2 is 2.04 bits per heavy atom. The van der Waals surface area contributed by atoms with Crippen LogP contribution in [0.2, 0.25) is 0 Å². The zero-order chi connectivity index (χ0) is 19.0. The molecule has 0 radical (unpaired) electrons. The van der Waals surface area contributed by atoms with E-state index in [1.54, 1.807) is 24.4 Å². The number of hydrogen-bond donors (Lipinski definition) is 1. The van der Waals surface area contributed by atoms with Crippen LogP contribution in [0.4, 0.5) is 17.2 Å². The van der Waals surface area contributed by atoms with Crippen LogP contribution in [0.3, 0.4) is 0 Å². The number of nitro groups is 1. The Balaban J connectivity index is 1.56. The van der Waals surface area contributed by atoms with Gasteiger partial charge in [-0.1, -0.05) is 0 Å². The number of nitro benzene ring substituents is 1. The van der Waals surface area contributed by atoms with Gasteiger partial charge in [0.15, 0.2) is 0 Å². The lowest BCUT2D eigenvalue weighted by atomic mass is 10.1. The van der Waals surface area contributed by atoms with Crippen molar-refractivity contribution in [3.8, 4) is 0 Å². The van der Waals surface area contributed by atoms with Crippen molar-refractivity contribution in [2.45, 2.75) is 38.6 Å². The molecule has 2 aliphatic rings. The van der Waals surface area contributed by atoms with Crippen molar-refractivity contribution in [2.75, 3.05) is 23.3 Å². The maximum Gasteiger partial charge on any atom is 0.293 e. The number of aromatic nitrogens is 2. The Labute approximate surface area is 157 Å². The van der Waals surface area contributed by atoms with Crippen LogP contribution in [0, 0.1) is 16.0 Å². The second-order valence-electron chi connectivity index (χ2n) is 7.35. The monoisotopic (exact) mass is 369 g/mol. The van der Waals surface area contributed by atoms with Crippen molar-refractivity contribution < 1.29 is 9.72 Å². The smallest absolute Gasteiger partial charge is 0.293 e. The van der Waals surface area contributed by atoms with E-state index in [9.17, 15) is 14.9 Å². The summed E-state index contributed by atoms with van der Waals surface area (Å²) in [7, 11) is 0. The molecule has 0 bridgehead atoms. The molecular formula is C19H23N5O3. The summed E-state index contributed by atoms with van der Waals surface area (Å²) in [6.07, 6.45) is 6.08. The first-order valence-electron chi connectivity index (χ1n) is 9.43. The molecule has 1 N–H and O–H groups in total. The summed E-state index contributed by atoms with van der Waals surface area (Å²) in [5.41, 5.74) is 0.835. The molecule has 1 amide bonds. The number of carbonyl (C=O) groups excluding carboxylic acids is 1. The zero-order valence-corrected chi connectivity index (χ0v) is 15.3. The van der Waals surface area contributed by atoms with Gasteiger partial charge >= 0.3 is 0 Å². The van der Waals surface area contributed by atoms with E-state index in [-0.39, 0.29) is 23.2 Å². The maximum absolute atomic E-state index is 12.7. The quantitative estimate of drug-likeness (QED) is 0.620. The number of hydrogen-bond acceptors (Lipinski definition) is 5. The summed E-state index contributed by atoms with van der Waals surface area (Å²) < 4.78 is 1.82. The third-order valence-electron chi connectivity index (χ3n) is 5.48. The van der Waals surface area contributed by atoms with Crippen LogP contribution < -0.4 is 10.2 Å². The van der Waals surface area contributed by atoms with Crippen LogP contribution in [-0.2, 0) is 0 Å². The van der Waals surface area contributed by atoms with E-state index in [1.807, 2.05) is 9.58 Å². The third kappa shape index (κ3) is 3.51. The predicted molar refractivity (Wildman–Crippen MR) is 102 cm³/mol. The molecule has 2 fully saturated rings. The molecule has 1 atom stereocenters. The summed E-state index contributed by atoms with van der Waals surface area (Å²) in [6, 6.07) is 6.68. The molecule has 8 heteroatoms. The first-order chi connectivity index (χ1) is 13.0. The number of nitrogens with zero attached hydrogens (tertiary/aromatic N) is 4. The number of anilines is 2. The number of carbonyl (C=O) groups is 1. The fourth-order valence-electron chi connectivity index (χ4n) is 3.74. The molecule has 2 aromatic rings. The van der Waals surface area contributed by atoms with Gasteiger partial charge in [0.1, 0.15) is 11.5 Å². The summed E-state index contributed by atoms with van der Waals surface area (Å²) in [4.78, 5) is 25.8. The van der Waals surface area contributed by atoms with Gasteiger partial charge in [0.25, 0.3) is 11.6 Å². The van der Waals surface area contributed by atoms with Gasteiger partial charge in [-0.25, -0.2) is 4.68 Å². The molecule has 1 aliphatic carbocycles. The number of nitrogens with one attached hydrogen (secondary N) is 1. The molecule has 4 rings (SSSR count). The Morgan fingerprint density at radius 3 is 2.70 bits per heavy atom. The Hall–Kier alpha value is -2.90. The van der Waals surface area contributed by atoms with E-state index >= 15 is 0 Å². The summed E-state index contributed by atoms with van der Waals surface area (Å²) >= 11 is 0. The van der Waals surface area contributed by atoms with Gasteiger partial charge in [0.05, 0.1) is 17.2 Å². The first-order valence-corrected chi connectivity index (χ1v) is 9.43. The Bertz CT molecular complexity index is 868. The Morgan fingerprint density at radius 1 is 1.30 bits per heavy atom. The fraction of sp³-hybridized carbons (Fsp3) is 0.474. The fourth-order valence-corrected chi connectivity index (χ4v) is 3.74. The molecule has 1 aliphatic heterocycles. The minimum absolute atomic E-state index is 0.0237. The van der Waals surface area contributed by atoms with Crippen molar-refractivity contribution in [1.82, 2.24) is 9.78 Å². The van der Waals surface area contributed by atoms with Gasteiger partial charge in [-0.3, -0.25) is 14.9 Å². The summed E-state index contributed by atoms with van der Waals surface area (Å²) in [6.45, 7) is 3.71. The van der Waals surface area contributed by atoms with E-state index < -0.39 is 4.92 Å². The standard InChI is InChI=1S/C19H23N5O3/c1-13(14-4-5-14)23-18(8-9-20-23)21-19(25)15-6-7-16(17(12-15)24(26)27)22-10-2-3-11-22/h6-9,12-14H,2-5,10-11H2,1H3,(H,21,25). The van der Waals surface area contributed by atoms with Crippen molar-refractivity contribution in [3.05, 3.63) is 46.1 Å². The highest BCUT2D eigenvalue weighted by Crippen LogP contribution is 2.40. The number of amides is 1. The van der Waals surface area contributed by atoms with Crippen LogP contribution in [0.25, 0.3) is 0 Å². The molecule has 1 saturated heterocycles. The largest absolute Gasteiger partial charge is 0.366 e. The van der Waals surface area contributed by atoms with Gasteiger partial charge in [0.2, 0.25) is 0 Å². The number of rotatable bonds is 6. The molecule has 0 spiro atoms.